The normalized spacial score (nSPS) is 27.8. The molecule has 5 heterocycles. The average molecular weight is 424 g/mol. The summed E-state index contributed by atoms with van der Waals surface area (Å²) in [6.45, 7) is 1.97. The Kier molecular flexibility index (Phi) is 4.81. The van der Waals surface area contributed by atoms with Gasteiger partial charge in [-0.2, -0.15) is 0 Å². The lowest BCUT2D eigenvalue weighted by molar-refractivity contribution is 0.0405. The van der Waals surface area contributed by atoms with Crippen molar-refractivity contribution in [2.24, 2.45) is 0 Å². The number of nitrogens with zero attached hydrogens (tertiary/aromatic N) is 7. The third-order valence-electron chi connectivity index (χ3n) is 6.54. The highest BCUT2D eigenvalue weighted by atomic mass is 19.1. The van der Waals surface area contributed by atoms with Crippen LogP contribution in [0.2, 0.25) is 0 Å². The van der Waals surface area contributed by atoms with Crippen molar-refractivity contribution in [3.63, 3.8) is 0 Å². The number of alkyl halides is 1. The minimum atomic E-state index is -1.01. The number of rotatable bonds is 4. The molecule has 0 saturated carbocycles. The average Bonchev–Trinajstić information content (AvgIpc) is 3.31. The van der Waals surface area contributed by atoms with E-state index in [1.165, 1.54) is 12.3 Å². The van der Waals surface area contributed by atoms with Crippen LogP contribution < -0.4 is 10.2 Å². The molecule has 3 aromatic rings. The molecule has 162 valence electrons. The van der Waals surface area contributed by atoms with Crippen LogP contribution >= 0.6 is 0 Å². The first kappa shape index (κ1) is 19.8. The van der Waals surface area contributed by atoms with Crippen LogP contribution in [-0.2, 0) is 0 Å². The number of aromatic nitrogens is 6. The Morgan fingerprint density at radius 2 is 2.16 bits per heavy atom. The van der Waals surface area contributed by atoms with Crippen LogP contribution in [0.25, 0.3) is 17.2 Å². The molecular formula is C21H25FN8O. The van der Waals surface area contributed by atoms with Crippen LogP contribution in [0.1, 0.15) is 32.6 Å². The summed E-state index contributed by atoms with van der Waals surface area (Å²) < 4.78 is 17.1. The second-order valence-corrected chi connectivity index (χ2v) is 8.64. The van der Waals surface area contributed by atoms with Crippen molar-refractivity contribution >= 4 is 5.82 Å². The van der Waals surface area contributed by atoms with Crippen LogP contribution in [0.4, 0.5) is 10.2 Å². The van der Waals surface area contributed by atoms with E-state index in [0.717, 1.165) is 25.7 Å². The first-order valence-corrected chi connectivity index (χ1v) is 10.5. The van der Waals surface area contributed by atoms with Gasteiger partial charge in [0.1, 0.15) is 24.1 Å². The van der Waals surface area contributed by atoms with Gasteiger partial charge in [-0.25, -0.2) is 19.3 Å². The van der Waals surface area contributed by atoms with Crippen molar-refractivity contribution in [2.75, 3.05) is 11.9 Å². The van der Waals surface area contributed by atoms with Crippen LogP contribution in [0.3, 0.4) is 0 Å². The zero-order chi connectivity index (χ0) is 21.6. The van der Waals surface area contributed by atoms with Gasteiger partial charge >= 0.3 is 0 Å². The van der Waals surface area contributed by atoms with E-state index in [2.05, 4.69) is 30.5 Å². The standard InChI is InChI=1S/C21H25FN8O/c1-21-5-3-4-13(26-21)8-15(19(21)22)29(2)18-11-25-20(28-27-18)14-10-24-17(9-16(14)31)30-7-6-23-12-30/h6-7,9-13,15,19,26H,3-5,8H2,1-2H3,(H,24,31)/t13?,15-,19+,21+/m1/s1. The number of fused-ring (bicyclic) bond motifs is 2. The molecule has 0 spiro atoms. The fourth-order valence-corrected chi connectivity index (χ4v) is 4.78. The predicted octanol–water partition coefficient (Wildman–Crippen LogP) is 2.27. The molecule has 3 aromatic heterocycles. The third kappa shape index (κ3) is 3.50. The van der Waals surface area contributed by atoms with E-state index in [4.69, 9.17) is 0 Å². The first-order valence-electron chi connectivity index (χ1n) is 10.5. The molecule has 2 N–H and O–H groups in total. The minimum absolute atomic E-state index is 0.00969. The van der Waals surface area contributed by atoms with Gasteiger partial charge in [0.25, 0.3) is 0 Å². The summed E-state index contributed by atoms with van der Waals surface area (Å²) in [5, 5.41) is 22.3. The predicted molar refractivity (Wildman–Crippen MR) is 113 cm³/mol. The quantitative estimate of drug-likeness (QED) is 0.657. The monoisotopic (exact) mass is 424 g/mol. The molecule has 5 rings (SSSR count). The van der Waals surface area contributed by atoms with E-state index >= 15 is 4.39 Å². The lowest BCUT2D eigenvalue weighted by Gasteiger charge is -2.52. The van der Waals surface area contributed by atoms with Gasteiger partial charge in [-0.1, -0.05) is 0 Å². The molecule has 0 amide bonds. The summed E-state index contributed by atoms with van der Waals surface area (Å²) in [6, 6.07) is 1.54. The molecule has 2 aliphatic rings. The van der Waals surface area contributed by atoms with E-state index in [-0.39, 0.29) is 17.6 Å². The zero-order valence-electron chi connectivity index (χ0n) is 17.5. The van der Waals surface area contributed by atoms with Gasteiger partial charge in [-0.05, 0) is 32.6 Å². The van der Waals surface area contributed by atoms with Crippen molar-refractivity contribution in [2.45, 2.75) is 56.4 Å². The Morgan fingerprint density at radius 3 is 2.87 bits per heavy atom. The number of hydrogen-bond acceptors (Lipinski definition) is 8. The van der Waals surface area contributed by atoms with E-state index in [1.807, 2.05) is 18.9 Å². The van der Waals surface area contributed by atoms with Gasteiger partial charge < -0.3 is 15.3 Å². The first-order chi connectivity index (χ1) is 14.9. The van der Waals surface area contributed by atoms with E-state index in [0.29, 0.717) is 23.2 Å². The molecule has 9 nitrogen and oxygen atoms in total. The molecule has 4 atom stereocenters. The van der Waals surface area contributed by atoms with Crippen LogP contribution in [-0.4, -0.2) is 65.7 Å². The molecule has 0 aliphatic carbocycles. The molecule has 31 heavy (non-hydrogen) atoms. The van der Waals surface area contributed by atoms with Crippen molar-refractivity contribution in [1.82, 2.24) is 35.0 Å². The number of halogens is 1. The summed E-state index contributed by atoms with van der Waals surface area (Å²) in [5.74, 6) is 1.28. The van der Waals surface area contributed by atoms with Crippen molar-refractivity contribution in [3.05, 3.63) is 37.2 Å². The fourth-order valence-electron chi connectivity index (χ4n) is 4.78. The number of aromatic hydroxyl groups is 1. The number of pyridine rings is 1. The summed E-state index contributed by atoms with van der Waals surface area (Å²) in [7, 11) is 1.84. The van der Waals surface area contributed by atoms with Gasteiger partial charge in [-0.15, -0.1) is 10.2 Å². The van der Waals surface area contributed by atoms with Gasteiger partial charge in [0.05, 0.1) is 17.8 Å². The highest BCUT2D eigenvalue weighted by molar-refractivity contribution is 5.63. The number of piperidine rings is 2. The Labute approximate surface area is 179 Å². The van der Waals surface area contributed by atoms with Gasteiger partial charge in [-0.3, -0.25) is 4.57 Å². The van der Waals surface area contributed by atoms with E-state index in [1.54, 1.807) is 29.5 Å². The highest BCUT2D eigenvalue weighted by Gasteiger charge is 2.49. The summed E-state index contributed by atoms with van der Waals surface area (Å²) in [4.78, 5) is 14.5. The molecule has 2 bridgehead atoms. The summed E-state index contributed by atoms with van der Waals surface area (Å²) in [6.07, 6.45) is 10.7. The van der Waals surface area contributed by atoms with Crippen molar-refractivity contribution in [3.8, 4) is 23.0 Å². The van der Waals surface area contributed by atoms with E-state index < -0.39 is 11.7 Å². The molecule has 0 aromatic carbocycles. The van der Waals surface area contributed by atoms with E-state index in [9.17, 15) is 5.11 Å². The Morgan fingerprint density at radius 1 is 1.29 bits per heavy atom. The molecule has 2 aliphatic heterocycles. The van der Waals surface area contributed by atoms with Crippen LogP contribution in [0.5, 0.6) is 5.75 Å². The smallest absolute Gasteiger partial charge is 0.187 e. The van der Waals surface area contributed by atoms with Crippen molar-refractivity contribution in [1.29, 1.82) is 0 Å². The maximum atomic E-state index is 15.4. The van der Waals surface area contributed by atoms with Gasteiger partial charge in [0.2, 0.25) is 0 Å². The van der Waals surface area contributed by atoms with Crippen LogP contribution in [0, 0.1) is 0 Å². The lowest BCUT2D eigenvalue weighted by atomic mass is 9.73. The largest absolute Gasteiger partial charge is 0.507 e. The number of imidazole rings is 1. The lowest BCUT2D eigenvalue weighted by Crippen LogP contribution is -2.68. The molecule has 0 radical (unpaired) electrons. The molecule has 10 heteroatoms. The highest BCUT2D eigenvalue weighted by Crippen LogP contribution is 2.38. The van der Waals surface area contributed by atoms with Gasteiger partial charge in [0, 0.05) is 43.3 Å². The summed E-state index contributed by atoms with van der Waals surface area (Å²) >= 11 is 0. The minimum Gasteiger partial charge on any atom is -0.507 e. The molecular weight excluding hydrogens is 399 g/mol. The van der Waals surface area contributed by atoms with Gasteiger partial charge in [0.15, 0.2) is 11.6 Å². The summed E-state index contributed by atoms with van der Waals surface area (Å²) in [5.41, 5.74) is -0.132. The molecule has 2 saturated heterocycles. The fraction of sp³-hybridized carbons (Fsp3) is 0.476. The number of hydrogen-bond donors (Lipinski definition) is 2. The topological polar surface area (TPSA) is 105 Å². The number of anilines is 1. The van der Waals surface area contributed by atoms with Crippen LogP contribution in [0.15, 0.2) is 37.2 Å². The Hall–Kier alpha value is -3.14. The maximum Gasteiger partial charge on any atom is 0.187 e. The Bertz CT molecular complexity index is 1060. The Balaban J connectivity index is 1.36. The third-order valence-corrected chi connectivity index (χ3v) is 6.54. The molecule has 2 fully saturated rings. The number of nitrogens with one attached hydrogen (secondary N) is 1. The maximum absolute atomic E-state index is 15.4. The van der Waals surface area contributed by atoms with Crippen molar-refractivity contribution < 1.29 is 9.50 Å². The zero-order valence-corrected chi connectivity index (χ0v) is 17.5. The second-order valence-electron chi connectivity index (χ2n) is 8.64. The molecule has 1 unspecified atom stereocenters. The second kappa shape index (κ2) is 7.52. The SMILES string of the molecule is CN(c1cnc(-c2cnc(-n3ccnc3)cc2O)nn1)[C@@H]1CC2CCC[C@](C)(N2)[C@H]1F.